The summed E-state index contributed by atoms with van der Waals surface area (Å²) in [6, 6.07) is 0. The number of carbonyl (C=O) groups excluding carboxylic acids is 1. The Labute approximate surface area is 103 Å². The van der Waals surface area contributed by atoms with Gasteiger partial charge in [-0.1, -0.05) is 6.42 Å². The lowest BCUT2D eigenvalue weighted by Crippen LogP contribution is -2.28. The van der Waals surface area contributed by atoms with Gasteiger partial charge in [-0.15, -0.1) is 0 Å². The van der Waals surface area contributed by atoms with Crippen molar-refractivity contribution in [2.45, 2.75) is 26.2 Å². The summed E-state index contributed by atoms with van der Waals surface area (Å²) in [5.74, 6) is 0.0448. The molecular weight excluding hydrogens is 216 g/mol. The van der Waals surface area contributed by atoms with Crippen LogP contribution in [-0.4, -0.2) is 40.7 Å². The van der Waals surface area contributed by atoms with Crippen molar-refractivity contribution in [3.8, 4) is 0 Å². The highest BCUT2D eigenvalue weighted by atomic mass is 16.2. The predicted molar refractivity (Wildman–Crippen MR) is 67.8 cm³/mol. The molecule has 0 aliphatic rings. The molecule has 2 N–H and O–H groups in total. The maximum absolute atomic E-state index is 12.1. The summed E-state index contributed by atoms with van der Waals surface area (Å²) in [5, 5.41) is 4.08. The molecule has 1 heterocycles. The van der Waals surface area contributed by atoms with Crippen LogP contribution in [0.2, 0.25) is 0 Å². The van der Waals surface area contributed by atoms with Crippen LogP contribution in [0.4, 0.5) is 0 Å². The molecule has 0 aliphatic carbocycles. The Morgan fingerprint density at radius 3 is 2.71 bits per heavy atom. The molecule has 0 saturated heterocycles. The van der Waals surface area contributed by atoms with Crippen molar-refractivity contribution >= 4 is 5.91 Å². The van der Waals surface area contributed by atoms with Crippen molar-refractivity contribution in [3.05, 3.63) is 17.5 Å². The van der Waals surface area contributed by atoms with Gasteiger partial charge in [0.05, 0.1) is 11.8 Å². The van der Waals surface area contributed by atoms with E-state index in [1.165, 1.54) is 0 Å². The Kier molecular flexibility index (Phi) is 5.15. The minimum absolute atomic E-state index is 0.0448. The maximum atomic E-state index is 12.1. The summed E-state index contributed by atoms with van der Waals surface area (Å²) in [4.78, 5) is 13.8. The molecule has 1 aromatic heterocycles. The zero-order valence-electron chi connectivity index (χ0n) is 10.9. The van der Waals surface area contributed by atoms with Crippen LogP contribution in [0.3, 0.4) is 0 Å². The molecule has 0 unspecified atom stereocenters. The number of amides is 1. The molecular formula is C12H22N4O. The highest BCUT2D eigenvalue weighted by molar-refractivity contribution is 5.94. The van der Waals surface area contributed by atoms with E-state index < -0.39 is 0 Å². The van der Waals surface area contributed by atoms with E-state index in [1.807, 2.05) is 21.0 Å². The van der Waals surface area contributed by atoms with Crippen molar-refractivity contribution < 1.29 is 4.79 Å². The van der Waals surface area contributed by atoms with Crippen LogP contribution in [-0.2, 0) is 7.05 Å². The van der Waals surface area contributed by atoms with Crippen molar-refractivity contribution in [1.29, 1.82) is 0 Å². The molecule has 17 heavy (non-hydrogen) atoms. The molecule has 0 aromatic carbocycles. The molecule has 5 heteroatoms. The van der Waals surface area contributed by atoms with Crippen LogP contribution >= 0.6 is 0 Å². The average Bonchev–Trinajstić information content (AvgIpc) is 2.64. The van der Waals surface area contributed by atoms with E-state index in [9.17, 15) is 4.79 Å². The number of hydrogen-bond donors (Lipinski definition) is 1. The second-order valence-electron chi connectivity index (χ2n) is 4.34. The first-order chi connectivity index (χ1) is 8.07. The van der Waals surface area contributed by atoms with Crippen LogP contribution in [0.15, 0.2) is 6.20 Å². The van der Waals surface area contributed by atoms with Crippen molar-refractivity contribution in [2.75, 3.05) is 20.1 Å². The van der Waals surface area contributed by atoms with Crippen molar-refractivity contribution in [1.82, 2.24) is 14.7 Å². The smallest absolute Gasteiger partial charge is 0.257 e. The van der Waals surface area contributed by atoms with Crippen molar-refractivity contribution in [3.63, 3.8) is 0 Å². The van der Waals surface area contributed by atoms with Crippen LogP contribution in [0, 0.1) is 6.92 Å². The number of aryl methyl sites for hydroxylation is 1. The first-order valence-corrected chi connectivity index (χ1v) is 6.02. The lowest BCUT2D eigenvalue weighted by molar-refractivity contribution is 0.0792. The van der Waals surface area contributed by atoms with Gasteiger partial charge >= 0.3 is 0 Å². The highest BCUT2D eigenvalue weighted by Crippen LogP contribution is 2.09. The van der Waals surface area contributed by atoms with Gasteiger partial charge in [0.15, 0.2) is 0 Å². The topological polar surface area (TPSA) is 64.2 Å². The highest BCUT2D eigenvalue weighted by Gasteiger charge is 2.16. The normalized spacial score (nSPS) is 10.6. The number of unbranched alkanes of at least 4 members (excludes halogenated alkanes) is 2. The minimum Gasteiger partial charge on any atom is -0.342 e. The lowest BCUT2D eigenvalue weighted by atomic mass is 10.2. The summed E-state index contributed by atoms with van der Waals surface area (Å²) in [5.41, 5.74) is 7.02. The standard InChI is InChI=1S/C12H22N4O/c1-10-11(9-14-16(10)3)12(17)15(2)8-6-4-5-7-13/h9H,4-8,13H2,1-3H3. The molecule has 1 aromatic rings. The fraction of sp³-hybridized carbons (Fsp3) is 0.667. The minimum atomic E-state index is 0.0448. The predicted octanol–water partition coefficient (Wildman–Crippen LogP) is 0.930. The summed E-state index contributed by atoms with van der Waals surface area (Å²) in [6.07, 6.45) is 4.72. The third-order valence-electron chi connectivity index (χ3n) is 3.01. The summed E-state index contributed by atoms with van der Waals surface area (Å²) >= 11 is 0. The molecule has 0 saturated carbocycles. The molecule has 1 amide bonds. The lowest BCUT2D eigenvalue weighted by Gasteiger charge is -2.16. The largest absolute Gasteiger partial charge is 0.342 e. The van der Waals surface area contributed by atoms with Crippen molar-refractivity contribution in [2.24, 2.45) is 12.8 Å². The second kappa shape index (κ2) is 6.39. The molecule has 1 rings (SSSR count). The van der Waals surface area contributed by atoms with Gasteiger partial charge in [0.1, 0.15) is 0 Å². The van der Waals surface area contributed by atoms with Crippen LogP contribution in [0.1, 0.15) is 35.3 Å². The van der Waals surface area contributed by atoms with E-state index in [-0.39, 0.29) is 5.91 Å². The van der Waals surface area contributed by atoms with Gasteiger partial charge in [-0.3, -0.25) is 9.48 Å². The molecule has 0 bridgehead atoms. The molecule has 5 nitrogen and oxygen atoms in total. The van der Waals surface area contributed by atoms with E-state index in [0.717, 1.165) is 38.0 Å². The van der Waals surface area contributed by atoms with E-state index >= 15 is 0 Å². The van der Waals surface area contributed by atoms with E-state index in [4.69, 9.17) is 5.73 Å². The van der Waals surface area contributed by atoms with Gasteiger partial charge in [-0.2, -0.15) is 5.10 Å². The fourth-order valence-electron chi connectivity index (χ4n) is 1.69. The number of aromatic nitrogens is 2. The fourth-order valence-corrected chi connectivity index (χ4v) is 1.69. The van der Waals surface area contributed by atoms with E-state index in [0.29, 0.717) is 5.56 Å². The molecule has 0 spiro atoms. The Bertz CT molecular complexity index is 373. The summed E-state index contributed by atoms with van der Waals surface area (Å²) in [7, 11) is 3.67. The Hall–Kier alpha value is -1.36. The van der Waals surface area contributed by atoms with Crippen LogP contribution in [0.25, 0.3) is 0 Å². The average molecular weight is 238 g/mol. The van der Waals surface area contributed by atoms with Gasteiger partial charge in [-0.25, -0.2) is 0 Å². The van der Waals surface area contributed by atoms with Gasteiger partial charge in [-0.05, 0) is 26.3 Å². The first kappa shape index (κ1) is 13.7. The Balaban J connectivity index is 2.49. The number of carbonyl (C=O) groups is 1. The van der Waals surface area contributed by atoms with E-state index in [1.54, 1.807) is 15.8 Å². The number of rotatable bonds is 6. The molecule has 96 valence electrons. The third kappa shape index (κ3) is 3.56. The molecule has 0 fully saturated rings. The summed E-state index contributed by atoms with van der Waals surface area (Å²) < 4.78 is 1.72. The SMILES string of the molecule is Cc1c(C(=O)N(C)CCCCCN)cnn1C. The van der Waals surface area contributed by atoms with Gasteiger partial charge < -0.3 is 10.6 Å². The Morgan fingerprint density at radius 1 is 1.47 bits per heavy atom. The van der Waals surface area contributed by atoms with Crippen LogP contribution < -0.4 is 5.73 Å². The van der Waals surface area contributed by atoms with E-state index in [2.05, 4.69) is 5.10 Å². The number of nitrogens with zero attached hydrogens (tertiary/aromatic N) is 3. The third-order valence-corrected chi connectivity index (χ3v) is 3.01. The molecule has 0 aliphatic heterocycles. The molecule has 0 radical (unpaired) electrons. The summed E-state index contributed by atoms with van der Waals surface area (Å²) in [6.45, 7) is 3.40. The number of hydrogen-bond acceptors (Lipinski definition) is 3. The zero-order chi connectivity index (χ0) is 12.8. The van der Waals surface area contributed by atoms with Gasteiger partial charge in [0, 0.05) is 26.3 Å². The molecule has 0 atom stereocenters. The first-order valence-electron chi connectivity index (χ1n) is 6.02. The second-order valence-corrected chi connectivity index (χ2v) is 4.34. The van der Waals surface area contributed by atoms with Gasteiger partial charge in [0.25, 0.3) is 5.91 Å². The Morgan fingerprint density at radius 2 is 2.18 bits per heavy atom. The monoisotopic (exact) mass is 238 g/mol. The quantitative estimate of drug-likeness (QED) is 0.750. The van der Waals surface area contributed by atoms with Gasteiger partial charge in [0.2, 0.25) is 0 Å². The van der Waals surface area contributed by atoms with Crippen LogP contribution in [0.5, 0.6) is 0 Å². The maximum Gasteiger partial charge on any atom is 0.257 e. The number of nitrogens with two attached hydrogens (primary N) is 1. The zero-order valence-corrected chi connectivity index (χ0v) is 10.9.